The van der Waals surface area contributed by atoms with Gasteiger partial charge >= 0.3 is 12.4 Å². The molecule has 0 aliphatic carbocycles. The van der Waals surface area contributed by atoms with Gasteiger partial charge in [0.25, 0.3) is 0 Å². The Morgan fingerprint density at radius 1 is 0.788 bits per heavy atom. The van der Waals surface area contributed by atoms with Crippen LogP contribution in [0.3, 0.4) is 0 Å². The minimum Gasteiger partial charge on any atom is -0.343 e. The molecule has 8 N–H and O–H groups in total. The number of halogens is 6. The maximum absolute atomic E-state index is 13.8. The molecule has 2 amide bonds. The number of alkyl halides is 6. The van der Waals surface area contributed by atoms with E-state index in [4.69, 9.17) is 17.2 Å². The highest BCUT2D eigenvalue weighted by Gasteiger charge is 2.32. The summed E-state index contributed by atoms with van der Waals surface area (Å²) >= 11 is 0. The first-order chi connectivity index (χ1) is 24.5. The van der Waals surface area contributed by atoms with Crippen molar-refractivity contribution in [2.45, 2.75) is 50.2 Å². The Morgan fingerprint density at radius 2 is 1.35 bits per heavy atom. The molecule has 0 bridgehead atoms. The lowest BCUT2D eigenvalue weighted by Crippen LogP contribution is -2.52. The number of nitrogens with two attached hydrogens (primary N) is 3. The fourth-order valence-electron chi connectivity index (χ4n) is 6.07. The molecule has 0 unspecified atom stereocenters. The quantitative estimate of drug-likeness (QED) is 0.0663. The number of rotatable bonds is 16. The van der Waals surface area contributed by atoms with Gasteiger partial charge in [-0.3, -0.25) is 9.59 Å². The number of amides is 2. The number of carbonyl (C=O) groups is 2. The van der Waals surface area contributed by atoms with Gasteiger partial charge in [0.2, 0.25) is 17.3 Å². The number of nitrogens with one attached hydrogen (secondary N) is 2. The lowest BCUT2D eigenvalue weighted by molar-refractivity contribution is -0.907. The number of hydrogen-bond donors (Lipinski definition) is 5. The molecule has 0 fully saturated rings. The lowest BCUT2D eigenvalue weighted by Gasteiger charge is -2.34. The first kappa shape index (κ1) is 40.2. The standard InChI is InChI=1S/C37H43F6N7O2/c1-50(19-16-44,20-17-45)18-4-6-31(46)34(51)48-32(21-25-8-12-28(13-9-25)36(38,39)40)35(52)47-30-22-27-5-2-3-7-33(27)49(24-30)23-26-10-14-29(15-11-26)37(41,42)43/h2-3,5,7-15,22,24,31-32H,4,6,16-21,23,44-46H2,1H3/p+2/t31-,32-/m0/s1. The highest BCUT2D eigenvalue weighted by Crippen LogP contribution is 2.30. The van der Waals surface area contributed by atoms with Crippen LogP contribution in [0.2, 0.25) is 0 Å². The van der Waals surface area contributed by atoms with E-state index in [0.717, 1.165) is 29.8 Å². The van der Waals surface area contributed by atoms with Gasteiger partial charge in [-0.15, -0.1) is 0 Å². The summed E-state index contributed by atoms with van der Waals surface area (Å²) in [7, 11) is 2.02. The fraction of sp³-hybridized carbons (Fsp3) is 0.378. The summed E-state index contributed by atoms with van der Waals surface area (Å²) in [5.74, 6) is -1.25. The number of aromatic nitrogens is 1. The second-order valence-corrected chi connectivity index (χ2v) is 13.2. The highest BCUT2D eigenvalue weighted by molar-refractivity contribution is 5.98. The van der Waals surface area contributed by atoms with E-state index in [1.54, 1.807) is 35.0 Å². The number of carbonyl (C=O) groups excluding carboxylic acids is 2. The monoisotopic (exact) mass is 733 g/mol. The van der Waals surface area contributed by atoms with Gasteiger partial charge in [-0.05, 0) is 54.8 Å². The van der Waals surface area contributed by atoms with Crippen LogP contribution in [-0.4, -0.2) is 68.2 Å². The fourth-order valence-corrected chi connectivity index (χ4v) is 6.07. The molecule has 3 aromatic carbocycles. The minimum atomic E-state index is -4.55. The summed E-state index contributed by atoms with van der Waals surface area (Å²) in [6, 6.07) is 15.8. The van der Waals surface area contributed by atoms with Crippen LogP contribution >= 0.6 is 0 Å². The number of nitrogens with zero attached hydrogens (tertiary/aromatic N) is 2. The third-order valence-corrected chi connectivity index (χ3v) is 9.00. The molecule has 0 saturated carbocycles. The largest absolute Gasteiger partial charge is 0.416 e. The number of pyridine rings is 1. The summed E-state index contributed by atoms with van der Waals surface area (Å²) in [5.41, 5.74) is 18.2. The van der Waals surface area contributed by atoms with Crippen molar-refractivity contribution in [1.82, 2.24) is 5.32 Å². The number of para-hydroxylation sites is 1. The summed E-state index contributed by atoms with van der Waals surface area (Å²) in [6.45, 7) is 3.20. The van der Waals surface area contributed by atoms with Crippen molar-refractivity contribution >= 4 is 28.4 Å². The molecule has 0 radical (unpaired) electrons. The predicted molar refractivity (Wildman–Crippen MR) is 187 cm³/mol. The van der Waals surface area contributed by atoms with Crippen molar-refractivity contribution in [3.05, 3.63) is 107 Å². The Kier molecular flexibility index (Phi) is 13.4. The molecule has 0 aliphatic rings. The Bertz CT molecular complexity index is 1790. The van der Waals surface area contributed by atoms with Gasteiger partial charge in [-0.2, -0.15) is 30.9 Å². The van der Waals surface area contributed by atoms with Crippen LogP contribution < -0.4 is 32.4 Å². The van der Waals surface area contributed by atoms with Crippen LogP contribution in [-0.2, 0) is 34.9 Å². The van der Waals surface area contributed by atoms with E-state index >= 15 is 0 Å². The zero-order valence-corrected chi connectivity index (χ0v) is 28.8. The molecule has 1 aromatic heterocycles. The summed E-state index contributed by atoms with van der Waals surface area (Å²) < 4.78 is 81.5. The summed E-state index contributed by atoms with van der Waals surface area (Å²) in [5, 5.41) is 6.22. The van der Waals surface area contributed by atoms with Gasteiger partial charge in [-0.25, -0.2) is 0 Å². The van der Waals surface area contributed by atoms with Crippen molar-refractivity contribution in [2.24, 2.45) is 17.2 Å². The van der Waals surface area contributed by atoms with E-state index in [1.165, 1.54) is 24.3 Å². The van der Waals surface area contributed by atoms with Crippen molar-refractivity contribution in [3.63, 3.8) is 0 Å². The third-order valence-electron chi connectivity index (χ3n) is 9.00. The average Bonchev–Trinajstić information content (AvgIpc) is 3.07. The molecule has 0 aliphatic heterocycles. The van der Waals surface area contributed by atoms with Gasteiger partial charge in [-0.1, -0.05) is 36.4 Å². The second kappa shape index (κ2) is 17.3. The second-order valence-electron chi connectivity index (χ2n) is 13.2. The van der Waals surface area contributed by atoms with E-state index in [0.29, 0.717) is 72.2 Å². The number of likely N-dealkylation sites (N-methyl/N-ethyl adjacent to an activating group) is 1. The van der Waals surface area contributed by atoms with Crippen LogP contribution in [0.1, 0.15) is 35.1 Å². The Labute approximate surface area is 298 Å². The molecule has 0 saturated heterocycles. The molecule has 4 rings (SSSR count). The zero-order valence-electron chi connectivity index (χ0n) is 28.8. The van der Waals surface area contributed by atoms with E-state index in [-0.39, 0.29) is 13.0 Å². The molecule has 9 nitrogen and oxygen atoms in total. The number of benzene rings is 3. The molecule has 280 valence electrons. The van der Waals surface area contributed by atoms with Gasteiger partial charge in [0, 0.05) is 36.5 Å². The lowest BCUT2D eigenvalue weighted by atomic mass is 10.0. The van der Waals surface area contributed by atoms with Crippen LogP contribution in [0.4, 0.5) is 32.0 Å². The third kappa shape index (κ3) is 11.2. The number of hydrogen-bond acceptors (Lipinski definition) is 5. The summed E-state index contributed by atoms with van der Waals surface area (Å²) in [6.07, 6.45) is -6.66. The van der Waals surface area contributed by atoms with Crippen molar-refractivity contribution in [2.75, 3.05) is 45.1 Å². The molecule has 2 atom stereocenters. The number of quaternary nitrogens is 1. The van der Waals surface area contributed by atoms with Crippen LogP contribution in [0.15, 0.2) is 85.1 Å². The minimum absolute atomic E-state index is 0.135. The molecule has 15 heteroatoms. The Morgan fingerprint density at radius 3 is 1.90 bits per heavy atom. The van der Waals surface area contributed by atoms with E-state index < -0.39 is 47.4 Å². The maximum atomic E-state index is 13.8. The molecular formula is C37H45F6N7O2+2. The zero-order chi connectivity index (χ0) is 38.1. The first-order valence-electron chi connectivity index (χ1n) is 16.9. The van der Waals surface area contributed by atoms with Crippen LogP contribution in [0, 0.1) is 0 Å². The predicted octanol–water partition coefficient (Wildman–Crippen LogP) is 4.35. The van der Waals surface area contributed by atoms with Crippen LogP contribution in [0.5, 0.6) is 0 Å². The molecule has 52 heavy (non-hydrogen) atoms. The van der Waals surface area contributed by atoms with E-state index in [9.17, 15) is 35.9 Å². The van der Waals surface area contributed by atoms with Gasteiger partial charge in [0.05, 0.1) is 43.9 Å². The van der Waals surface area contributed by atoms with Gasteiger partial charge in [0.1, 0.15) is 11.7 Å². The molecule has 1 heterocycles. The van der Waals surface area contributed by atoms with E-state index in [2.05, 4.69) is 10.6 Å². The van der Waals surface area contributed by atoms with Crippen molar-refractivity contribution in [3.8, 4) is 0 Å². The Hall–Kier alpha value is -4.57. The van der Waals surface area contributed by atoms with Gasteiger partial charge < -0.3 is 32.3 Å². The van der Waals surface area contributed by atoms with Crippen molar-refractivity contribution < 1.29 is 45.0 Å². The molecular weight excluding hydrogens is 688 g/mol. The average molecular weight is 734 g/mol. The van der Waals surface area contributed by atoms with Crippen LogP contribution in [0.25, 0.3) is 10.9 Å². The smallest absolute Gasteiger partial charge is 0.343 e. The normalized spacial score (nSPS) is 13.5. The maximum Gasteiger partial charge on any atom is 0.416 e. The number of anilines is 1. The van der Waals surface area contributed by atoms with E-state index in [1.807, 2.05) is 13.1 Å². The molecule has 4 aromatic rings. The summed E-state index contributed by atoms with van der Waals surface area (Å²) in [4.78, 5) is 27.2. The highest BCUT2D eigenvalue weighted by atomic mass is 19.4. The Balaban J connectivity index is 1.56. The SMILES string of the molecule is C[N+](CCN)(CCN)CCC[C@H](N)C(=O)N[C@@H](Cc1ccc(C(F)(F)F)cc1)C(=O)Nc1cc2ccccc2[n+](Cc2ccc(C(F)(F)F)cc2)c1. The van der Waals surface area contributed by atoms with Gasteiger partial charge in [0.15, 0.2) is 12.7 Å². The first-order valence-corrected chi connectivity index (χ1v) is 16.9. The number of fused-ring (bicyclic) bond motifs is 1. The molecule has 0 spiro atoms. The topological polar surface area (TPSA) is 140 Å². The van der Waals surface area contributed by atoms with Crippen molar-refractivity contribution in [1.29, 1.82) is 0 Å².